The summed E-state index contributed by atoms with van der Waals surface area (Å²) in [5.74, 6) is -1.47. The molecule has 2 unspecified atom stereocenters. The molecule has 0 aromatic heterocycles. The predicted octanol–water partition coefficient (Wildman–Crippen LogP) is 2.35. The van der Waals surface area contributed by atoms with Gasteiger partial charge in [-0.05, 0) is 45.7 Å². The monoisotopic (exact) mass is 330 g/mol. The normalized spacial score (nSPS) is 37.2. The van der Waals surface area contributed by atoms with E-state index in [1.165, 1.54) is 23.1 Å². The van der Waals surface area contributed by atoms with Crippen molar-refractivity contribution in [2.24, 2.45) is 11.8 Å². The molecule has 3 fully saturated rings. The average Bonchev–Trinajstić information content (AvgIpc) is 3.03. The number of ether oxygens (including phenoxy) is 1. The van der Waals surface area contributed by atoms with Gasteiger partial charge in [0, 0.05) is 11.6 Å². The van der Waals surface area contributed by atoms with Crippen LogP contribution in [-0.2, 0) is 14.3 Å². The van der Waals surface area contributed by atoms with Crippen molar-refractivity contribution in [2.75, 3.05) is 4.90 Å². The molecule has 0 saturated carbocycles. The van der Waals surface area contributed by atoms with Crippen LogP contribution in [0.25, 0.3) is 0 Å². The molecule has 4 rings (SSSR count). The van der Waals surface area contributed by atoms with Crippen molar-refractivity contribution in [1.82, 2.24) is 0 Å². The highest BCUT2D eigenvalue weighted by atomic mass is 16.6. The molecular weight excluding hydrogens is 312 g/mol. The molecule has 4 atom stereocenters. The van der Waals surface area contributed by atoms with Gasteiger partial charge in [-0.3, -0.25) is 19.7 Å². The van der Waals surface area contributed by atoms with Crippen LogP contribution in [0, 0.1) is 28.9 Å². The number of anilines is 1. The summed E-state index contributed by atoms with van der Waals surface area (Å²) in [7, 11) is 0. The second kappa shape index (κ2) is 4.42. The van der Waals surface area contributed by atoms with Crippen molar-refractivity contribution in [2.45, 2.75) is 44.8 Å². The van der Waals surface area contributed by atoms with E-state index in [9.17, 15) is 19.7 Å². The summed E-state index contributed by atoms with van der Waals surface area (Å²) >= 11 is 0. The van der Waals surface area contributed by atoms with E-state index in [1.807, 2.05) is 13.8 Å². The lowest BCUT2D eigenvalue weighted by atomic mass is 9.69. The Morgan fingerprint density at radius 1 is 1.17 bits per heavy atom. The van der Waals surface area contributed by atoms with Crippen molar-refractivity contribution in [3.63, 3.8) is 0 Å². The van der Waals surface area contributed by atoms with E-state index < -0.39 is 28.0 Å². The summed E-state index contributed by atoms with van der Waals surface area (Å²) in [5.41, 5.74) is -0.408. The predicted molar refractivity (Wildman–Crippen MR) is 84.4 cm³/mol. The van der Waals surface area contributed by atoms with Crippen LogP contribution >= 0.6 is 0 Å². The number of nitrogens with zero attached hydrogens (tertiary/aromatic N) is 2. The number of carbonyl (C=O) groups excluding carboxylic acids is 2. The van der Waals surface area contributed by atoms with Gasteiger partial charge in [0.05, 0.1) is 33.6 Å². The van der Waals surface area contributed by atoms with Crippen LogP contribution in [0.2, 0.25) is 0 Å². The molecule has 7 nitrogen and oxygen atoms in total. The number of rotatable bonds is 2. The van der Waals surface area contributed by atoms with Gasteiger partial charge in [-0.25, -0.2) is 4.90 Å². The Kier molecular flexibility index (Phi) is 2.81. The molecule has 3 heterocycles. The van der Waals surface area contributed by atoms with Crippen LogP contribution in [0.4, 0.5) is 11.4 Å². The van der Waals surface area contributed by atoms with E-state index >= 15 is 0 Å². The molecule has 0 N–H and O–H groups in total. The standard InChI is InChI=1S/C17H18N2O5/c1-9-8-10(4-5-11(9)19(22)23)18-14(20)12-13(15(18)21)17(3)7-6-16(12,2)24-17/h4-5,8,12-13H,6-7H2,1-3H3/t12-,13+,16?,17?. The summed E-state index contributed by atoms with van der Waals surface area (Å²) in [6, 6.07) is 4.34. The summed E-state index contributed by atoms with van der Waals surface area (Å²) < 4.78 is 6.06. The first kappa shape index (κ1) is 15.3. The fourth-order valence-corrected chi connectivity index (χ4v) is 4.71. The number of nitro benzene ring substituents is 1. The highest BCUT2D eigenvalue weighted by Gasteiger charge is 2.72. The lowest BCUT2D eigenvalue weighted by Gasteiger charge is -2.27. The van der Waals surface area contributed by atoms with Gasteiger partial charge in [0.25, 0.3) is 5.69 Å². The summed E-state index contributed by atoms with van der Waals surface area (Å²) in [6.07, 6.45) is 1.52. The van der Waals surface area contributed by atoms with Gasteiger partial charge in [0.1, 0.15) is 0 Å². The van der Waals surface area contributed by atoms with Gasteiger partial charge in [-0.15, -0.1) is 0 Å². The first-order valence-corrected chi connectivity index (χ1v) is 8.01. The van der Waals surface area contributed by atoms with Crippen molar-refractivity contribution in [3.8, 4) is 0 Å². The van der Waals surface area contributed by atoms with Crippen LogP contribution in [-0.4, -0.2) is 27.9 Å². The molecule has 0 spiro atoms. The zero-order chi connectivity index (χ0) is 17.4. The second-order valence-electron chi connectivity index (χ2n) is 7.42. The molecule has 7 heteroatoms. The number of imide groups is 1. The molecule has 1 aromatic carbocycles. The minimum atomic E-state index is -0.600. The summed E-state index contributed by atoms with van der Waals surface area (Å²) in [6.45, 7) is 5.40. The Balaban J connectivity index is 1.77. The highest BCUT2D eigenvalue weighted by Crippen LogP contribution is 2.60. The zero-order valence-corrected chi connectivity index (χ0v) is 13.7. The number of benzene rings is 1. The van der Waals surface area contributed by atoms with E-state index in [-0.39, 0.29) is 17.5 Å². The molecule has 3 saturated heterocycles. The van der Waals surface area contributed by atoms with Gasteiger partial charge in [-0.1, -0.05) is 0 Å². The molecule has 3 aliphatic heterocycles. The maximum absolute atomic E-state index is 13.0. The van der Waals surface area contributed by atoms with E-state index in [4.69, 9.17) is 4.74 Å². The van der Waals surface area contributed by atoms with E-state index in [2.05, 4.69) is 0 Å². The summed E-state index contributed by atoms with van der Waals surface area (Å²) in [4.78, 5) is 37.6. The van der Waals surface area contributed by atoms with Gasteiger partial charge < -0.3 is 4.74 Å². The number of hydrogen-bond donors (Lipinski definition) is 0. The minimum Gasteiger partial charge on any atom is -0.367 e. The van der Waals surface area contributed by atoms with Crippen LogP contribution in [0.3, 0.4) is 0 Å². The smallest absolute Gasteiger partial charge is 0.272 e. The van der Waals surface area contributed by atoms with Crippen LogP contribution in [0.5, 0.6) is 0 Å². The molecule has 126 valence electrons. The zero-order valence-electron chi connectivity index (χ0n) is 13.7. The third kappa shape index (κ3) is 1.70. The average molecular weight is 330 g/mol. The Morgan fingerprint density at radius 3 is 2.17 bits per heavy atom. The van der Waals surface area contributed by atoms with E-state index in [0.29, 0.717) is 11.3 Å². The number of carbonyl (C=O) groups is 2. The van der Waals surface area contributed by atoms with Gasteiger partial charge in [-0.2, -0.15) is 0 Å². The fraction of sp³-hybridized carbons (Fsp3) is 0.529. The topological polar surface area (TPSA) is 89.8 Å². The van der Waals surface area contributed by atoms with Crippen LogP contribution in [0.1, 0.15) is 32.3 Å². The Morgan fingerprint density at radius 2 is 1.71 bits per heavy atom. The van der Waals surface area contributed by atoms with Crippen LogP contribution < -0.4 is 4.90 Å². The summed E-state index contributed by atoms with van der Waals surface area (Å²) in [5, 5.41) is 11.0. The lowest BCUT2D eigenvalue weighted by molar-refractivity contribution is -0.385. The maximum Gasteiger partial charge on any atom is 0.272 e. The van der Waals surface area contributed by atoms with Crippen molar-refractivity contribution in [1.29, 1.82) is 0 Å². The van der Waals surface area contributed by atoms with Gasteiger partial charge in [0.2, 0.25) is 11.8 Å². The first-order chi connectivity index (χ1) is 11.2. The number of amides is 2. The fourth-order valence-electron chi connectivity index (χ4n) is 4.71. The van der Waals surface area contributed by atoms with Gasteiger partial charge in [0.15, 0.2) is 0 Å². The number of fused-ring (bicyclic) bond motifs is 5. The molecular formula is C17H18N2O5. The van der Waals surface area contributed by atoms with Crippen molar-refractivity contribution >= 4 is 23.2 Å². The second-order valence-corrected chi connectivity index (χ2v) is 7.42. The maximum atomic E-state index is 13.0. The Hall–Kier alpha value is -2.28. The number of nitro groups is 1. The lowest BCUT2D eigenvalue weighted by Crippen LogP contribution is -2.40. The molecule has 0 aliphatic carbocycles. The van der Waals surface area contributed by atoms with E-state index in [1.54, 1.807) is 6.92 Å². The molecule has 1 aromatic rings. The Labute approximate surface area is 138 Å². The number of aryl methyl sites for hydroxylation is 1. The minimum absolute atomic E-state index is 0.0274. The quantitative estimate of drug-likeness (QED) is 0.472. The van der Waals surface area contributed by atoms with E-state index in [0.717, 1.165) is 12.8 Å². The van der Waals surface area contributed by atoms with Crippen molar-refractivity contribution < 1.29 is 19.2 Å². The molecule has 2 amide bonds. The highest BCUT2D eigenvalue weighted by molar-refractivity contribution is 6.23. The Bertz CT molecular complexity index is 772. The largest absolute Gasteiger partial charge is 0.367 e. The third-order valence-electron chi connectivity index (χ3n) is 5.84. The third-order valence-corrected chi connectivity index (χ3v) is 5.84. The first-order valence-electron chi connectivity index (χ1n) is 8.01. The number of hydrogen-bond acceptors (Lipinski definition) is 5. The molecule has 2 bridgehead atoms. The molecule has 0 radical (unpaired) electrons. The van der Waals surface area contributed by atoms with Crippen LogP contribution in [0.15, 0.2) is 18.2 Å². The SMILES string of the molecule is Cc1cc(N2C(=O)[C@@H]3[C@H](C2=O)C2(C)CCC3(C)O2)ccc1[N+](=O)[O-]. The molecule has 24 heavy (non-hydrogen) atoms. The van der Waals surface area contributed by atoms with Crippen molar-refractivity contribution in [3.05, 3.63) is 33.9 Å². The van der Waals surface area contributed by atoms with Gasteiger partial charge >= 0.3 is 0 Å². The molecule has 3 aliphatic rings.